The monoisotopic (exact) mass is 383 g/mol. The van der Waals surface area contributed by atoms with Gasteiger partial charge in [0.25, 0.3) is 5.56 Å². The fourth-order valence-electron chi connectivity index (χ4n) is 3.80. The number of halogens is 2. The van der Waals surface area contributed by atoms with Crippen LogP contribution >= 0.6 is 0 Å². The summed E-state index contributed by atoms with van der Waals surface area (Å²) in [5.74, 6) is -1.05. The smallest absolute Gasteiger partial charge is 0.317 e. The van der Waals surface area contributed by atoms with Crippen molar-refractivity contribution in [2.75, 3.05) is 11.9 Å². The number of hydrogen-bond acceptors (Lipinski definition) is 2. The summed E-state index contributed by atoms with van der Waals surface area (Å²) < 4.78 is 29.3. The molecule has 7 heteroatoms. The molecule has 1 aromatic heterocycles. The summed E-state index contributed by atoms with van der Waals surface area (Å²) in [6.07, 6.45) is 1.27. The van der Waals surface area contributed by atoms with E-state index in [1.807, 2.05) is 0 Å². The molecular weight excluding hydrogens is 364 g/mol. The van der Waals surface area contributed by atoms with E-state index in [9.17, 15) is 18.4 Å². The molecule has 2 amide bonds. The third-order valence-corrected chi connectivity index (χ3v) is 5.24. The largest absolute Gasteiger partial charge is 0.322 e. The van der Waals surface area contributed by atoms with Gasteiger partial charge in [-0.2, -0.15) is 0 Å². The van der Waals surface area contributed by atoms with Gasteiger partial charge in [-0.15, -0.1) is 0 Å². The number of amides is 2. The molecule has 0 radical (unpaired) electrons. The van der Waals surface area contributed by atoms with Crippen molar-refractivity contribution < 1.29 is 13.6 Å². The van der Waals surface area contributed by atoms with E-state index in [0.29, 0.717) is 30.6 Å². The van der Waals surface area contributed by atoms with E-state index in [2.05, 4.69) is 5.32 Å². The average molecular weight is 383 g/mol. The summed E-state index contributed by atoms with van der Waals surface area (Å²) in [5, 5.41) is 3.59. The lowest BCUT2D eigenvalue weighted by molar-refractivity contribution is 0.206. The van der Waals surface area contributed by atoms with Gasteiger partial charge in [0.2, 0.25) is 0 Å². The molecule has 144 valence electrons. The van der Waals surface area contributed by atoms with Crippen LogP contribution in [0.25, 0.3) is 10.9 Å². The molecule has 1 aliphatic heterocycles. The molecule has 1 atom stereocenters. The number of nitrogens with one attached hydrogen (secondary N) is 1. The maximum Gasteiger partial charge on any atom is 0.322 e. The van der Waals surface area contributed by atoms with E-state index >= 15 is 0 Å². The first-order valence-corrected chi connectivity index (χ1v) is 9.07. The fraction of sp³-hybridized carbons (Fsp3) is 0.238. The van der Waals surface area contributed by atoms with Crippen molar-refractivity contribution >= 4 is 22.6 Å². The molecule has 1 N–H and O–H groups in total. The molecule has 0 spiro atoms. The number of urea groups is 1. The first-order chi connectivity index (χ1) is 13.5. The number of carbonyl (C=O) groups excluding carboxylic acids is 1. The molecule has 1 unspecified atom stereocenters. The average Bonchev–Trinajstić information content (AvgIpc) is 3.17. The third kappa shape index (κ3) is 3.13. The number of rotatable bonds is 2. The van der Waals surface area contributed by atoms with Gasteiger partial charge in [-0.25, -0.2) is 13.6 Å². The Morgan fingerprint density at radius 3 is 2.79 bits per heavy atom. The molecule has 4 rings (SSSR count). The Kier molecular flexibility index (Phi) is 4.58. The molecule has 1 saturated heterocycles. The molecule has 0 bridgehead atoms. The van der Waals surface area contributed by atoms with Gasteiger partial charge in [0, 0.05) is 30.6 Å². The summed E-state index contributed by atoms with van der Waals surface area (Å²) in [6, 6.07) is 10.8. The second-order valence-electron chi connectivity index (χ2n) is 6.92. The van der Waals surface area contributed by atoms with Gasteiger partial charge < -0.3 is 14.8 Å². The Labute approximate surface area is 160 Å². The van der Waals surface area contributed by atoms with E-state index in [4.69, 9.17) is 0 Å². The van der Waals surface area contributed by atoms with Crippen LogP contribution < -0.4 is 10.9 Å². The van der Waals surface area contributed by atoms with Gasteiger partial charge in [0.15, 0.2) is 0 Å². The van der Waals surface area contributed by atoms with Crippen molar-refractivity contribution in [2.45, 2.75) is 18.9 Å². The van der Waals surface area contributed by atoms with Crippen molar-refractivity contribution in [1.29, 1.82) is 0 Å². The van der Waals surface area contributed by atoms with Crippen LogP contribution in [0.2, 0.25) is 0 Å². The molecular formula is C21H19F2N3O2. The maximum atomic E-state index is 14.2. The SMILES string of the molecule is Cn1c(=O)ccc2c(NC(=O)N3CCCC3c3cc(F)ccc3F)cccc21. The predicted octanol–water partition coefficient (Wildman–Crippen LogP) is 4.19. The maximum absolute atomic E-state index is 14.2. The highest BCUT2D eigenvalue weighted by Gasteiger charge is 2.32. The summed E-state index contributed by atoms with van der Waals surface area (Å²) in [5.41, 5.74) is 1.30. The molecule has 1 aliphatic rings. The van der Waals surface area contributed by atoms with Crippen molar-refractivity contribution in [3.8, 4) is 0 Å². The zero-order chi connectivity index (χ0) is 19.8. The molecule has 2 aromatic carbocycles. The highest BCUT2D eigenvalue weighted by Crippen LogP contribution is 2.34. The fourth-order valence-corrected chi connectivity index (χ4v) is 3.80. The standard InChI is InChI=1S/C21H19F2N3O2/c1-25-18-5-2-4-17(14(18)8-10-20(25)27)24-21(28)26-11-3-6-19(26)15-12-13(22)7-9-16(15)23/h2,4-5,7-10,12,19H,3,6,11H2,1H3,(H,24,28). The van der Waals surface area contributed by atoms with Crippen LogP contribution in [0.4, 0.5) is 19.3 Å². The molecule has 1 fully saturated rings. The molecule has 5 nitrogen and oxygen atoms in total. The number of anilines is 1. The number of hydrogen-bond donors (Lipinski definition) is 1. The number of carbonyl (C=O) groups is 1. The predicted molar refractivity (Wildman–Crippen MR) is 103 cm³/mol. The quantitative estimate of drug-likeness (QED) is 0.722. The summed E-state index contributed by atoms with van der Waals surface area (Å²) in [6.45, 7) is 0.454. The number of fused-ring (bicyclic) bond motifs is 1. The van der Waals surface area contributed by atoms with Crippen molar-refractivity contribution in [3.05, 3.63) is 76.1 Å². The minimum absolute atomic E-state index is 0.142. The normalized spacial score (nSPS) is 16.5. The van der Waals surface area contributed by atoms with Crippen molar-refractivity contribution in [1.82, 2.24) is 9.47 Å². The highest BCUT2D eigenvalue weighted by molar-refractivity contribution is 6.00. The number of likely N-dealkylation sites (tertiary alicyclic amines) is 1. The van der Waals surface area contributed by atoms with Gasteiger partial charge in [-0.05, 0) is 49.2 Å². The van der Waals surface area contributed by atoms with E-state index in [1.54, 1.807) is 31.3 Å². The lowest BCUT2D eigenvalue weighted by Gasteiger charge is -2.26. The lowest BCUT2D eigenvalue weighted by atomic mass is 10.0. The lowest BCUT2D eigenvalue weighted by Crippen LogP contribution is -2.35. The Morgan fingerprint density at radius 2 is 1.96 bits per heavy atom. The third-order valence-electron chi connectivity index (χ3n) is 5.24. The van der Waals surface area contributed by atoms with Crippen molar-refractivity contribution in [2.24, 2.45) is 7.05 Å². The Hall–Kier alpha value is -3.22. The molecule has 28 heavy (non-hydrogen) atoms. The van der Waals surface area contributed by atoms with Gasteiger partial charge in [-0.1, -0.05) is 6.07 Å². The van der Waals surface area contributed by atoms with Crippen LogP contribution in [-0.2, 0) is 7.05 Å². The molecule has 0 aliphatic carbocycles. The van der Waals surface area contributed by atoms with Crippen LogP contribution in [0.5, 0.6) is 0 Å². The number of pyridine rings is 1. The Balaban J connectivity index is 1.65. The van der Waals surface area contributed by atoms with Gasteiger partial charge >= 0.3 is 6.03 Å². The zero-order valence-electron chi connectivity index (χ0n) is 15.3. The topological polar surface area (TPSA) is 54.3 Å². The summed E-state index contributed by atoms with van der Waals surface area (Å²) in [4.78, 5) is 26.3. The second-order valence-corrected chi connectivity index (χ2v) is 6.92. The zero-order valence-corrected chi connectivity index (χ0v) is 15.3. The number of aromatic nitrogens is 1. The van der Waals surface area contributed by atoms with Gasteiger partial charge in [0.1, 0.15) is 11.6 Å². The molecule has 2 heterocycles. The second kappa shape index (κ2) is 7.07. The molecule has 0 saturated carbocycles. The van der Waals surface area contributed by atoms with Gasteiger partial charge in [0.05, 0.1) is 17.2 Å². The first-order valence-electron chi connectivity index (χ1n) is 9.07. The minimum Gasteiger partial charge on any atom is -0.317 e. The van der Waals surface area contributed by atoms with E-state index in [1.165, 1.54) is 15.5 Å². The minimum atomic E-state index is -0.529. The van der Waals surface area contributed by atoms with E-state index in [0.717, 1.165) is 23.6 Å². The van der Waals surface area contributed by atoms with Crippen LogP contribution in [0.1, 0.15) is 24.4 Å². The first kappa shape index (κ1) is 18.2. The van der Waals surface area contributed by atoms with E-state index in [-0.39, 0.29) is 17.2 Å². The van der Waals surface area contributed by atoms with Crippen LogP contribution in [-0.4, -0.2) is 22.0 Å². The molecule has 3 aromatic rings. The summed E-state index contributed by atoms with van der Waals surface area (Å²) in [7, 11) is 1.67. The van der Waals surface area contributed by atoms with Crippen LogP contribution in [0.3, 0.4) is 0 Å². The Bertz CT molecular complexity index is 1130. The Morgan fingerprint density at radius 1 is 1.14 bits per heavy atom. The number of nitrogens with zero attached hydrogens (tertiary/aromatic N) is 2. The van der Waals surface area contributed by atoms with Gasteiger partial charge in [-0.3, -0.25) is 4.79 Å². The van der Waals surface area contributed by atoms with Crippen LogP contribution in [0, 0.1) is 11.6 Å². The van der Waals surface area contributed by atoms with E-state index < -0.39 is 17.7 Å². The van der Waals surface area contributed by atoms with Crippen molar-refractivity contribution in [3.63, 3.8) is 0 Å². The highest BCUT2D eigenvalue weighted by atomic mass is 19.1. The van der Waals surface area contributed by atoms with Crippen LogP contribution in [0.15, 0.2) is 53.3 Å². The number of benzene rings is 2. The number of aryl methyl sites for hydroxylation is 1. The summed E-state index contributed by atoms with van der Waals surface area (Å²) >= 11 is 0.